The number of carbonyl (C=O) groups is 1. The van der Waals surface area contributed by atoms with E-state index in [4.69, 9.17) is 0 Å². The van der Waals surface area contributed by atoms with Crippen LogP contribution in [0.1, 0.15) is 5.56 Å². The molecule has 1 aromatic heterocycles. The van der Waals surface area contributed by atoms with Crippen LogP contribution in [0.4, 0.5) is 5.82 Å². The monoisotopic (exact) mass is 291 g/mol. The molecule has 0 bridgehead atoms. The van der Waals surface area contributed by atoms with E-state index in [9.17, 15) is 4.79 Å². The Kier molecular flexibility index (Phi) is 3.72. The fourth-order valence-electron chi connectivity index (χ4n) is 1.28. The van der Waals surface area contributed by atoms with E-state index in [0.717, 1.165) is 10.0 Å². The number of benzene rings is 1. The van der Waals surface area contributed by atoms with E-state index in [0.29, 0.717) is 5.82 Å². The van der Waals surface area contributed by atoms with E-state index in [-0.39, 0.29) is 5.91 Å². The predicted molar refractivity (Wildman–Crippen MR) is 70.4 cm³/mol. The highest BCUT2D eigenvalue weighted by molar-refractivity contribution is 9.10. The first-order valence-corrected chi connectivity index (χ1v) is 5.77. The molecule has 17 heavy (non-hydrogen) atoms. The first-order valence-electron chi connectivity index (χ1n) is 4.98. The van der Waals surface area contributed by atoms with Crippen LogP contribution >= 0.6 is 15.9 Å². The normalized spacial score (nSPS) is 10.6. The van der Waals surface area contributed by atoms with Crippen LogP contribution in [0.2, 0.25) is 0 Å². The van der Waals surface area contributed by atoms with E-state index in [1.165, 1.54) is 6.08 Å². The summed E-state index contributed by atoms with van der Waals surface area (Å²) in [5.41, 5.74) is 0.958. The number of hydrogen-bond donors (Lipinski definition) is 2. The Morgan fingerprint density at radius 3 is 3.00 bits per heavy atom. The molecule has 5 heteroatoms. The van der Waals surface area contributed by atoms with Crippen molar-refractivity contribution in [3.05, 3.63) is 52.6 Å². The van der Waals surface area contributed by atoms with Crippen molar-refractivity contribution in [2.75, 3.05) is 5.32 Å². The second kappa shape index (κ2) is 5.45. The molecule has 0 aliphatic carbocycles. The highest BCUT2D eigenvalue weighted by Gasteiger charge is 1.97. The van der Waals surface area contributed by atoms with Gasteiger partial charge in [-0.05, 0) is 23.8 Å². The minimum atomic E-state index is -0.200. The van der Waals surface area contributed by atoms with E-state index in [1.807, 2.05) is 24.3 Å². The van der Waals surface area contributed by atoms with Gasteiger partial charge in [0.1, 0.15) is 5.82 Å². The molecule has 2 N–H and O–H groups in total. The zero-order valence-corrected chi connectivity index (χ0v) is 10.4. The second-order valence-electron chi connectivity index (χ2n) is 3.35. The lowest BCUT2D eigenvalue weighted by atomic mass is 10.2. The summed E-state index contributed by atoms with van der Waals surface area (Å²) in [6.07, 6.45) is 4.80. The minimum Gasteiger partial charge on any atom is -0.307 e. The van der Waals surface area contributed by atoms with Gasteiger partial charge in [-0.1, -0.05) is 28.1 Å². The Morgan fingerprint density at radius 1 is 1.41 bits per heavy atom. The van der Waals surface area contributed by atoms with Gasteiger partial charge in [-0.25, -0.2) is 0 Å². The molecule has 0 aliphatic rings. The molecule has 2 rings (SSSR count). The molecule has 0 atom stereocenters. The Balaban J connectivity index is 1.99. The van der Waals surface area contributed by atoms with E-state index >= 15 is 0 Å². The van der Waals surface area contributed by atoms with Crippen molar-refractivity contribution in [1.29, 1.82) is 0 Å². The molecule has 0 spiro atoms. The summed E-state index contributed by atoms with van der Waals surface area (Å²) in [6, 6.07) is 9.38. The fourth-order valence-corrected chi connectivity index (χ4v) is 1.70. The molecule has 2 aromatic rings. The third kappa shape index (κ3) is 3.57. The zero-order valence-electron chi connectivity index (χ0n) is 8.85. The summed E-state index contributed by atoms with van der Waals surface area (Å²) in [5, 5.41) is 9.04. The number of rotatable bonds is 3. The topological polar surface area (TPSA) is 57.8 Å². The van der Waals surface area contributed by atoms with Crippen LogP contribution in [0.5, 0.6) is 0 Å². The average molecular weight is 292 g/mol. The van der Waals surface area contributed by atoms with Crippen LogP contribution < -0.4 is 5.32 Å². The van der Waals surface area contributed by atoms with Crippen molar-refractivity contribution >= 4 is 33.7 Å². The molecular weight excluding hydrogens is 282 g/mol. The summed E-state index contributed by atoms with van der Waals surface area (Å²) in [7, 11) is 0. The summed E-state index contributed by atoms with van der Waals surface area (Å²) < 4.78 is 0.980. The summed E-state index contributed by atoms with van der Waals surface area (Å²) in [4.78, 5) is 11.5. The Bertz CT molecular complexity index is 534. The number of carbonyl (C=O) groups excluding carboxylic acids is 1. The number of aromatic nitrogens is 2. The van der Waals surface area contributed by atoms with E-state index in [2.05, 4.69) is 31.4 Å². The maximum atomic E-state index is 11.5. The van der Waals surface area contributed by atoms with Gasteiger partial charge in [-0.3, -0.25) is 9.89 Å². The smallest absolute Gasteiger partial charge is 0.249 e. The predicted octanol–water partition coefficient (Wildman–Crippen LogP) is 2.82. The van der Waals surface area contributed by atoms with Crippen LogP contribution in [0, 0.1) is 0 Å². The van der Waals surface area contributed by atoms with Gasteiger partial charge in [0, 0.05) is 16.6 Å². The van der Waals surface area contributed by atoms with Gasteiger partial charge in [0.2, 0.25) is 5.91 Å². The Morgan fingerprint density at radius 2 is 2.29 bits per heavy atom. The Labute approximate surface area is 107 Å². The first-order chi connectivity index (χ1) is 8.24. The first kappa shape index (κ1) is 11.6. The summed E-state index contributed by atoms with van der Waals surface area (Å²) in [5.74, 6) is 0.378. The summed E-state index contributed by atoms with van der Waals surface area (Å²) >= 11 is 3.37. The van der Waals surface area contributed by atoms with Crippen LogP contribution in [0.25, 0.3) is 6.08 Å². The van der Waals surface area contributed by atoms with Gasteiger partial charge in [-0.15, -0.1) is 0 Å². The van der Waals surface area contributed by atoms with Gasteiger partial charge in [0.25, 0.3) is 0 Å². The third-order valence-corrected chi connectivity index (χ3v) is 2.53. The maximum absolute atomic E-state index is 11.5. The van der Waals surface area contributed by atoms with Crippen molar-refractivity contribution < 1.29 is 4.79 Å². The highest BCUT2D eigenvalue weighted by Crippen LogP contribution is 2.12. The lowest BCUT2D eigenvalue weighted by Gasteiger charge is -1.97. The van der Waals surface area contributed by atoms with Crippen molar-refractivity contribution in [2.45, 2.75) is 0 Å². The number of anilines is 1. The van der Waals surface area contributed by atoms with Crippen LogP contribution in [-0.4, -0.2) is 16.1 Å². The molecule has 0 radical (unpaired) electrons. The fraction of sp³-hybridized carbons (Fsp3) is 0. The number of H-pyrrole nitrogens is 1. The third-order valence-electron chi connectivity index (χ3n) is 2.03. The van der Waals surface area contributed by atoms with Gasteiger partial charge in [0.15, 0.2) is 0 Å². The molecule has 0 saturated heterocycles. The molecule has 0 saturated carbocycles. The number of aromatic amines is 1. The lowest BCUT2D eigenvalue weighted by molar-refractivity contribution is -0.111. The Hall–Kier alpha value is -1.88. The molecule has 1 heterocycles. The van der Waals surface area contributed by atoms with Gasteiger partial charge < -0.3 is 5.32 Å². The average Bonchev–Trinajstić information content (AvgIpc) is 2.79. The van der Waals surface area contributed by atoms with Crippen molar-refractivity contribution in [3.63, 3.8) is 0 Å². The number of hydrogen-bond acceptors (Lipinski definition) is 2. The van der Waals surface area contributed by atoms with Crippen molar-refractivity contribution in [2.24, 2.45) is 0 Å². The molecular formula is C12H10BrN3O. The van der Waals surface area contributed by atoms with Gasteiger partial charge >= 0.3 is 0 Å². The van der Waals surface area contributed by atoms with E-state index in [1.54, 1.807) is 18.3 Å². The van der Waals surface area contributed by atoms with Crippen LogP contribution in [0.15, 0.2) is 47.1 Å². The van der Waals surface area contributed by atoms with Crippen molar-refractivity contribution in [3.8, 4) is 0 Å². The summed E-state index contributed by atoms with van der Waals surface area (Å²) in [6.45, 7) is 0. The minimum absolute atomic E-state index is 0.200. The zero-order chi connectivity index (χ0) is 12.1. The molecule has 0 aliphatic heterocycles. The molecule has 86 valence electrons. The van der Waals surface area contributed by atoms with Crippen molar-refractivity contribution in [1.82, 2.24) is 10.2 Å². The highest BCUT2D eigenvalue weighted by atomic mass is 79.9. The maximum Gasteiger partial charge on any atom is 0.249 e. The van der Waals surface area contributed by atoms with Gasteiger partial charge in [-0.2, -0.15) is 5.10 Å². The lowest BCUT2D eigenvalue weighted by Crippen LogP contribution is -2.07. The van der Waals surface area contributed by atoms with E-state index < -0.39 is 0 Å². The number of halogens is 1. The number of nitrogens with one attached hydrogen (secondary N) is 2. The molecule has 1 amide bonds. The number of nitrogens with zero attached hydrogens (tertiary/aromatic N) is 1. The second-order valence-corrected chi connectivity index (χ2v) is 4.26. The largest absolute Gasteiger partial charge is 0.307 e. The van der Waals surface area contributed by atoms with Crippen LogP contribution in [-0.2, 0) is 4.79 Å². The molecule has 1 aromatic carbocycles. The quantitative estimate of drug-likeness (QED) is 0.855. The van der Waals surface area contributed by atoms with Gasteiger partial charge in [0.05, 0.1) is 6.20 Å². The molecule has 0 unspecified atom stereocenters. The molecule has 4 nitrogen and oxygen atoms in total. The SMILES string of the molecule is O=C(C=Cc1cccc(Br)c1)Nc1ccn[nH]1. The number of amides is 1. The molecule has 0 fully saturated rings. The van der Waals surface area contributed by atoms with Crippen LogP contribution in [0.3, 0.4) is 0 Å². The standard InChI is InChI=1S/C12H10BrN3O/c13-10-3-1-2-9(8-10)4-5-12(17)15-11-6-7-14-16-11/h1-8H,(H2,14,15,16,17).